The third kappa shape index (κ3) is 4.67. The molecule has 21 heavy (non-hydrogen) atoms. The van der Waals surface area contributed by atoms with Crippen molar-refractivity contribution < 1.29 is 9.90 Å². The number of ketones is 1. The fraction of sp³-hybridized carbons (Fsp3) is 0.842. The van der Waals surface area contributed by atoms with Crippen molar-refractivity contribution in [2.45, 2.75) is 85.2 Å². The minimum absolute atomic E-state index is 0.244. The van der Waals surface area contributed by atoms with Crippen LogP contribution in [-0.2, 0) is 4.79 Å². The summed E-state index contributed by atoms with van der Waals surface area (Å²) >= 11 is 0. The Kier molecular flexibility index (Phi) is 6.65. The average Bonchev–Trinajstić information content (AvgIpc) is 2.74. The van der Waals surface area contributed by atoms with Crippen LogP contribution in [-0.4, -0.2) is 16.5 Å². The number of hydrogen-bond donors (Lipinski definition) is 1. The normalized spacial score (nSPS) is 32.8. The molecule has 2 nitrogen and oxygen atoms in total. The van der Waals surface area contributed by atoms with Gasteiger partial charge in [-0.05, 0) is 63.7 Å². The number of hydrogen-bond acceptors (Lipinski definition) is 2. The van der Waals surface area contributed by atoms with Gasteiger partial charge in [0.2, 0.25) is 0 Å². The van der Waals surface area contributed by atoms with Crippen molar-refractivity contribution in [3.8, 4) is 0 Å². The van der Waals surface area contributed by atoms with Crippen LogP contribution in [0.15, 0.2) is 12.2 Å². The van der Waals surface area contributed by atoms with Crippen LogP contribution in [0.2, 0.25) is 0 Å². The van der Waals surface area contributed by atoms with Crippen LogP contribution in [0, 0.1) is 17.3 Å². The summed E-state index contributed by atoms with van der Waals surface area (Å²) in [5.74, 6) is 1.49. The molecule has 0 aromatic heterocycles. The quantitative estimate of drug-likeness (QED) is 0.748. The standard InChI is InChI=1S/C17H28O2.C2H6/c1-16(2,19)11-5-4-7-13-9-10-14-15(18)8-6-12-17(13,14)3;1-2/h4-5,13-14,19H,6-12H2,1-3H3;1-2H3/b5-4+;. The molecule has 2 saturated carbocycles. The van der Waals surface area contributed by atoms with Crippen molar-refractivity contribution >= 4 is 5.78 Å². The summed E-state index contributed by atoms with van der Waals surface area (Å²) in [5, 5.41) is 9.69. The van der Waals surface area contributed by atoms with Crippen LogP contribution >= 0.6 is 0 Å². The fourth-order valence-electron chi connectivity index (χ4n) is 4.06. The maximum Gasteiger partial charge on any atom is 0.136 e. The first-order valence-corrected chi connectivity index (χ1v) is 8.73. The Morgan fingerprint density at radius 3 is 2.57 bits per heavy atom. The summed E-state index contributed by atoms with van der Waals surface area (Å²) < 4.78 is 0. The second-order valence-corrected chi connectivity index (χ2v) is 7.38. The van der Waals surface area contributed by atoms with E-state index in [1.165, 1.54) is 12.8 Å². The highest BCUT2D eigenvalue weighted by molar-refractivity contribution is 5.83. The van der Waals surface area contributed by atoms with Gasteiger partial charge < -0.3 is 5.11 Å². The van der Waals surface area contributed by atoms with E-state index in [0.717, 1.165) is 25.7 Å². The zero-order valence-electron chi connectivity index (χ0n) is 14.6. The van der Waals surface area contributed by atoms with Crippen molar-refractivity contribution in [2.75, 3.05) is 0 Å². The van der Waals surface area contributed by atoms with Crippen molar-refractivity contribution in [3.05, 3.63) is 12.2 Å². The summed E-state index contributed by atoms with van der Waals surface area (Å²) in [7, 11) is 0. The van der Waals surface area contributed by atoms with Crippen LogP contribution in [0.25, 0.3) is 0 Å². The van der Waals surface area contributed by atoms with Crippen LogP contribution in [0.1, 0.15) is 79.6 Å². The molecule has 2 heteroatoms. The largest absolute Gasteiger partial charge is 0.390 e. The topological polar surface area (TPSA) is 37.3 Å². The first-order valence-electron chi connectivity index (χ1n) is 8.73. The highest BCUT2D eigenvalue weighted by Crippen LogP contribution is 2.55. The van der Waals surface area contributed by atoms with Gasteiger partial charge in [0.05, 0.1) is 5.60 Å². The molecule has 0 aliphatic heterocycles. The number of rotatable bonds is 4. The Labute approximate surface area is 131 Å². The van der Waals surface area contributed by atoms with Crippen molar-refractivity contribution in [3.63, 3.8) is 0 Å². The van der Waals surface area contributed by atoms with E-state index in [1.807, 2.05) is 27.7 Å². The molecule has 0 amide bonds. The van der Waals surface area contributed by atoms with Crippen molar-refractivity contribution in [1.82, 2.24) is 0 Å². The Morgan fingerprint density at radius 2 is 1.95 bits per heavy atom. The molecule has 2 aliphatic carbocycles. The lowest BCUT2D eigenvalue weighted by molar-refractivity contribution is -0.129. The van der Waals surface area contributed by atoms with Gasteiger partial charge in [-0.25, -0.2) is 0 Å². The lowest BCUT2D eigenvalue weighted by Crippen LogP contribution is -2.37. The van der Waals surface area contributed by atoms with Gasteiger partial charge in [0.25, 0.3) is 0 Å². The number of Topliss-reactive ketones (excluding diaryl/α,β-unsaturated/α-hetero) is 1. The molecular formula is C19H34O2. The van der Waals surface area contributed by atoms with E-state index in [4.69, 9.17) is 0 Å². The molecule has 0 saturated heterocycles. The van der Waals surface area contributed by atoms with Gasteiger partial charge in [-0.3, -0.25) is 4.79 Å². The molecule has 0 aromatic carbocycles. The summed E-state index contributed by atoms with van der Waals surface area (Å²) in [6.07, 6.45) is 11.5. The number of fused-ring (bicyclic) bond motifs is 1. The molecule has 0 heterocycles. The van der Waals surface area contributed by atoms with E-state index in [0.29, 0.717) is 24.0 Å². The molecule has 3 unspecified atom stereocenters. The number of carbonyl (C=O) groups is 1. The van der Waals surface area contributed by atoms with E-state index >= 15 is 0 Å². The fourth-order valence-corrected chi connectivity index (χ4v) is 4.06. The summed E-state index contributed by atoms with van der Waals surface area (Å²) in [6.45, 7) is 10.0. The lowest BCUT2D eigenvalue weighted by Gasteiger charge is -2.39. The molecule has 0 aromatic rings. The lowest BCUT2D eigenvalue weighted by atomic mass is 9.64. The molecular weight excluding hydrogens is 260 g/mol. The van der Waals surface area contributed by atoms with Crippen LogP contribution in [0.3, 0.4) is 0 Å². The molecule has 2 aliphatic rings. The summed E-state index contributed by atoms with van der Waals surface area (Å²) in [4.78, 5) is 12.0. The highest BCUT2D eigenvalue weighted by Gasteiger charge is 2.50. The smallest absolute Gasteiger partial charge is 0.136 e. The SMILES string of the molecule is CC.CC(C)(O)C/C=C/CC1CCC2C(=O)CCCC12C. The Balaban J connectivity index is 0.00000106. The van der Waals surface area contributed by atoms with Crippen molar-refractivity contribution in [2.24, 2.45) is 17.3 Å². The van der Waals surface area contributed by atoms with E-state index < -0.39 is 5.60 Å². The minimum atomic E-state index is -0.612. The van der Waals surface area contributed by atoms with E-state index in [1.54, 1.807) is 0 Å². The second-order valence-electron chi connectivity index (χ2n) is 7.38. The van der Waals surface area contributed by atoms with Gasteiger partial charge >= 0.3 is 0 Å². The molecule has 2 rings (SSSR count). The number of aliphatic hydroxyl groups is 1. The third-order valence-corrected chi connectivity index (χ3v) is 5.26. The molecule has 3 atom stereocenters. The van der Waals surface area contributed by atoms with E-state index in [9.17, 15) is 9.90 Å². The van der Waals surface area contributed by atoms with E-state index in [2.05, 4.69) is 19.1 Å². The maximum absolute atomic E-state index is 12.0. The molecule has 2 fully saturated rings. The first kappa shape index (κ1) is 18.4. The van der Waals surface area contributed by atoms with Gasteiger partial charge in [-0.1, -0.05) is 32.9 Å². The average molecular weight is 294 g/mol. The molecule has 0 bridgehead atoms. The molecule has 0 radical (unpaired) electrons. The van der Waals surface area contributed by atoms with Gasteiger partial charge in [0, 0.05) is 12.3 Å². The maximum atomic E-state index is 12.0. The predicted octanol–water partition coefficient (Wildman–Crippen LogP) is 4.91. The highest BCUT2D eigenvalue weighted by atomic mass is 16.3. The molecule has 0 spiro atoms. The molecule has 1 N–H and O–H groups in total. The van der Waals surface area contributed by atoms with E-state index in [-0.39, 0.29) is 5.41 Å². The molecule has 122 valence electrons. The van der Waals surface area contributed by atoms with Gasteiger partial charge in [-0.2, -0.15) is 0 Å². The summed E-state index contributed by atoms with van der Waals surface area (Å²) in [6, 6.07) is 0. The Bertz CT molecular complexity index is 364. The zero-order valence-corrected chi connectivity index (χ0v) is 14.6. The minimum Gasteiger partial charge on any atom is -0.390 e. The van der Waals surface area contributed by atoms with Crippen LogP contribution in [0.4, 0.5) is 0 Å². The number of allylic oxidation sites excluding steroid dienone is 1. The Morgan fingerprint density at radius 1 is 1.29 bits per heavy atom. The van der Waals surface area contributed by atoms with Gasteiger partial charge in [0.15, 0.2) is 0 Å². The van der Waals surface area contributed by atoms with Gasteiger partial charge in [-0.15, -0.1) is 0 Å². The number of carbonyl (C=O) groups excluding carboxylic acids is 1. The summed E-state index contributed by atoms with van der Waals surface area (Å²) in [5.41, 5.74) is -0.367. The van der Waals surface area contributed by atoms with Crippen LogP contribution in [0.5, 0.6) is 0 Å². The second kappa shape index (κ2) is 7.58. The van der Waals surface area contributed by atoms with Crippen LogP contribution < -0.4 is 0 Å². The zero-order chi connectivity index (χ0) is 16.1. The van der Waals surface area contributed by atoms with Crippen molar-refractivity contribution in [1.29, 1.82) is 0 Å². The Hall–Kier alpha value is -0.630. The third-order valence-electron chi connectivity index (χ3n) is 5.26. The monoisotopic (exact) mass is 294 g/mol. The van der Waals surface area contributed by atoms with Gasteiger partial charge in [0.1, 0.15) is 5.78 Å². The first-order chi connectivity index (χ1) is 9.83. The predicted molar refractivity (Wildman–Crippen MR) is 89.2 cm³/mol.